The van der Waals surface area contributed by atoms with Gasteiger partial charge < -0.3 is 15.1 Å². The molecular formula is C11H19N3O2. The van der Waals surface area contributed by atoms with E-state index in [1.54, 1.807) is 11.9 Å². The van der Waals surface area contributed by atoms with Crippen LogP contribution < -0.4 is 5.32 Å². The fraction of sp³-hybridized carbons (Fsp3) is 0.818. The monoisotopic (exact) mass is 225 g/mol. The average molecular weight is 225 g/mol. The number of hydrogen-bond donors (Lipinski definition) is 1. The van der Waals surface area contributed by atoms with Crippen LogP contribution in [0.15, 0.2) is 0 Å². The second-order valence-electron chi connectivity index (χ2n) is 4.76. The molecule has 1 N–H and O–H groups in total. The fourth-order valence-corrected chi connectivity index (χ4v) is 2.43. The van der Waals surface area contributed by atoms with Gasteiger partial charge in [0.2, 0.25) is 11.8 Å². The van der Waals surface area contributed by atoms with Crippen molar-refractivity contribution in [3.05, 3.63) is 0 Å². The van der Waals surface area contributed by atoms with E-state index in [1.807, 2.05) is 11.8 Å². The van der Waals surface area contributed by atoms with Crippen molar-refractivity contribution in [2.75, 3.05) is 33.2 Å². The molecular weight excluding hydrogens is 206 g/mol. The molecule has 16 heavy (non-hydrogen) atoms. The maximum Gasteiger partial charge on any atom is 0.228 e. The lowest BCUT2D eigenvalue weighted by atomic mass is 10.1. The van der Waals surface area contributed by atoms with Gasteiger partial charge >= 0.3 is 0 Å². The number of likely N-dealkylation sites (tertiary alicyclic amines) is 1. The molecule has 0 aromatic heterocycles. The third-order valence-corrected chi connectivity index (χ3v) is 3.47. The van der Waals surface area contributed by atoms with Gasteiger partial charge in [-0.1, -0.05) is 0 Å². The van der Waals surface area contributed by atoms with E-state index in [1.165, 1.54) is 0 Å². The Morgan fingerprint density at radius 2 is 2.25 bits per heavy atom. The molecule has 0 saturated carbocycles. The highest BCUT2D eigenvalue weighted by atomic mass is 16.2. The molecule has 2 amide bonds. The number of nitrogens with one attached hydrogen (secondary N) is 1. The molecule has 2 aliphatic rings. The lowest BCUT2D eigenvalue weighted by Crippen LogP contribution is -2.54. The number of piperazine rings is 1. The van der Waals surface area contributed by atoms with Crippen LogP contribution in [0.2, 0.25) is 0 Å². The first kappa shape index (κ1) is 11.4. The van der Waals surface area contributed by atoms with E-state index in [4.69, 9.17) is 0 Å². The molecule has 2 rings (SSSR count). The van der Waals surface area contributed by atoms with Crippen molar-refractivity contribution in [3.8, 4) is 0 Å². The number of carbonyl (C=O) groups is 2. The maximum absolute atomic E-state index is 12.2. The van der Waals surface area contributed by atoms with Gasteiger partial charge in [-0.3, -0.25) is 9.59 Å². The zero-order valence-electron chi connectivity index (χ0n) is 9.90. The van der Waals surface area contributed by atoms with Crippen molar-refractivity contribution in [2.24, 2.45) is 5.92 Å². The number of carbonyl (C=O) groups excluding carboxylic acids is 2. The zero-order valence-corrected chi connectivity index (χ0v) is 9.90. The van der Waals surface area contributed by atoms with Crippen molar-refractivity contribution in [2.45, 2.75) is 19.4 Å². The zero-order chi connectivity index (χ0) is 11.7. The van der Waals surface area contributed by atoms with Crippen LogP contribution in [-0.4, -0.2) is 60.9 Å². The number of amides is 2. The Kier molecular flexibility index (Phi) is 3.14. The van der Waals surface area contributed by atoms with Gasteiger partial charge in [-0.05, 0) is 6.92 Å². The summed E-state index contributed by atoms with van der Waals surface area (Å²) in [5.41, 5.74) is 0. The van der Waals surface area contributed by atoms with Gasteiger partial charge in [0.15, 0.2) is 0 Å². The molecule has 90 valence electrons. The van der Waals surface area contributed by atoms with Gasteiger partial charge in [-0.15, -0.1) is 0 Å². The van der Waals surface area contributed by atoms with Crippen LogP contribution in [0.3, 0.4) is 0 Å². The quantitative estimate of drug-likeness (QED) is 0.641. The highest BCUT2D eigenvalue weighted by molar-refractivity contribution is 5.89. The normalized spacial score (nSPS) is 31.0. The lowest BCUT2D eigenvalue weighted by Gasteiger charge is -2.35. The summed E-state index contributed by atoms with van der Waals surface area (Å²) in [4.78, 5) is 27.2. The predicted molar refractivity (Wildman–Crippen MR) is 59.8 cm³/mol. The van der Waals surface area contributed by atoms with Gasteiger partial charge in [-0.25, -0.2) is 0 Å². The summed E-state index contributed by atoms with van der Waals surface area (Å²) < 4.78 is 0. The van der Waals surface area contributed by atoms with Crippen molar-refractivity contribution in [1.82, 2.24) is 15.1 Å². The van der Waals surface area contributed by atoms with Gasteiger partial charge in [-0.2, -0.15) is 0 Å². The molecule has 0 radical (unpaired) electrons. The standard InChI is InChI=1S/C11H19N3O2/c1-8-6-12-3-4-14(8)11(16)9-5-10(15)13(2)7-9/h8-9,12H,3-7H2,1-2H3/t8-,9?/m1/s1. The molecule has 5 nitrogen and oxygen atoms in total. The van der Waals surface area contributed by atoms with Crippen molar-refractivity contribution in [1.29, 1.82) is 0 Å². The summed E-state index contributed by atoms with van der Waals surface area (Å²) in [5, 5.41) is 3.26. The Morgan fingerprint density at radius 3 is 2.81 bits per heavy atom. The molecule has 0 bridgehead atoms. The Bertz CT molecular complexity index is 306. The van der Waals surface area contributed by atoms with E-state index in [0.29, 0.717) is 13.0 Å². The lowest BCUT2D eigenvalue weighted by molar-refractivity contribution is -0.138. The molecule has 5 heteroatoms. The molecule has 0 aromatic carbocycles. The Labute approximate surface area is 95.8 Å². The van der Waals surface area contributed by atoms with E-state index >= 15 is 0 Å². The van der Waals surface area contributed by atoms with Crippen LogP contribution in [0.4, 0.5) is 0 Å². The van der Waals surface area contributed by atoms with Gasteiger partial charge in [0, 0.05) is 45.7 Å². The highest BCUT2D eigenvalue weighted by Crippen LogP contribution is 2.20. The first-order chi connectivity index (χ1) is 7.59. The third kappa shape index (κ3) is 2.04. The van der Waals surface area contributed by atoms with Crippen molar-refractivity contribution >= 4 is 11.8 Å². The SMILES string of the molecule is C[C@@H]1CNCCN1C(=O)C1CC(=O)N(C)C1. The minimum Gasteiger partial charge on any atom is -0.345 e. The second kappa shape index (κ2) is 4.41. The third-order valence-electron chi connectivity index (χ3n) is 3.47. The summed E-state index contributed by atoms with van der Waals surface area (Å²) >= 11 is 0. The summed E-state index contributed by atoms with van der Waals surface area (Å²) in [6.07, 6.45) is 0.381. The first-order valence-corrected chi connectivity index (χ1v) is 5.84. The van der Waals surface area contributed by atoms with Crippen LogP contribution in [-0.2, 0) is 9.59 Å². The molecule has 1 unspecified atom stereocenters. The van der Waals surface area contributed by atoms with E-state index in [2.05, 4.69) is 5.32 Å². The Balaban J connectivity index is 1.99. The van der Waals surface area contributed by atoms with E-state index in [0.717, 1.165) is 19.6 Å². The molecule has 0 aromatic rings. The van der Waals surface area contributed by atoms with Crippen LogP contribution >= 0.6 is 0 Å². The summed E-state index contributed by atoms with van der Waals surface area (Å²) in [7, 11) is 1.76. The molecule has 2 atom stereocenters. The van der Waals surface area contributed by atoms with E-state index < -0.39 is 0 Å². The molecule has 2 heterocycles. The smallest absolute Gasteiger partial charge is 0.228 e. The molecule has 0 aliphatic carbocycles. The minimum atomic E-state index is -0.127. The van der Waals surface area contributed by atoms with Gasteiger partial charge in [0.25, 0.3) is 0 Å². The van der Waals surface area contributed by atoms with Crippen LogP contribution in [0.1, 0.15) is 13.3 Å². The van der Waals surface area contributed by atoms with E-state index in [9.17, 15) is 9.59 Å². The van der Waals surface area contributed by atoms with Crippen LogP contribution in [0.5, 0.6) is 0 Å². The topological polar surface area (TPSA) is 52.7 Å². The summed E-state index contributed by atoms with van der Waals surface area (Å²) in [5.74, 6) is 0.103. The number of hydrogen-bond acceptors (Lipinski definition) is 3. The second-order valence-corrected chi connectivity index (χ2v) is 4.76. The van der Waals surface area contributed by atoms with Gasteiger partial charge in [0.1, 0.15) is 0 Å². The number of rotatable bonds is 1. The average Bonchev–Trinajstić information content (AvgIpc) is 2.59. The maximum atomic E-state index is 12.2. The van der Waals surface area contributed by atoms with Crippen LogP contribution in [0.25, 0.3) is 0 Å². The van der Waals surface area contributed by atoms with E-state index in [-0.39, 0.29) is 23.8 Å². The first-order valence-electron chi connectivity index (χ1n) is 5.84. The highest BCUT2D eigenvalue weighted by Gasteiger charge is 2.36. The predicted octanol–water partition coefficient (Wildman–Crippen LogP) is -0.715. The Hall–Kier alpha value is -1.10. The fourth-order valence-electron chi connectivity index (χ4n) is 2.43. The Morgan fingerprint density at radius 1 is 1.50 bits per heavy atom. The van der Waals surface area contributed by atoms with Gasteiger partial charge in [0.05, 0.1) is 5.92 Å². The molecule has 2 fully saturated rings. The number of nitrogens with zero attached hydrogens (tertiary/aromatic N) is 2. The summed E-state index contributed by atoms with van der Waals surface area (Å²) in [6.45, 7) is 5.09. The minimum absolute atomic E-state index is 0.0844. The molecule has 0 spiro atoms. The largest absolute Gasteiger partial charge is 0.345 e. The summed E-state index contributed by atoms with van der Waals surface area (Å²) in [6, 6.07) is 0.238. The van der Waals surface area contributed by atoms with Crippen molar-refractivity contribution in [3.63, 3.8) is 0 Å². The van der Waals surface area contributed by atoms with Crippen LogP contribution in [0, 0.1) is 5.92 Å². The van der Waals surface area contributed by atoms with Crippen molar-refractivity contribution < 1.29 is 9.59 Å². The molecule has 2 aliphatic heterocycles. The molecule has 2 saturated heterocycles.